The highest BCUT2D eigenvalue weighted by molar-refractivity contribution is 5.99. The summed E-state index contributed by atoms with van der Waals surface area (Å²) in [4.78, 5) is 15.6. The average Bonchev–Trinajstić information content (AvgIpc) is 3.11. The Bertz CT molecular complexity index is 1120. The van der Waals surface area contributed by atoms with Gasteiger partial charge in [-0.1, -0.05) is 54.6 Å². The van der Waals surface area contributed by atoms with Gasteiger partial charge in [0.25, 0.3) is 5.91 Å². The summed E-state index contributed by atoms with van der Waals surface area (Å²) in [6.07, 6.45) is 3.53. The molecule has 1 atom stereocenters. The van der Waals surface area contributed by atoms with Crippen molar-refractivity contribution in [3.8, 4) is 0 Å². The summed E-state index contributed by atoms with van der Waals surface area (Å²) in [5, 5.41) is 10.7. The zero-order valence-electron chi connectivity index (χ0n) is 14.9. The molecule has 0 unspecified atom stereocenters. The Morgan fingerprint density at radius 2 is 1.74 bits per heavy atom. The molecule has 0 bridgehead atoms. The summed E-state index contributed by atoms with van der Waals surface area (Å²) in [6, 6.07) is 21.6. The lowest BCUT2D eigenvalue weighted by Crippen LogP contribution is -2.34. The Morgan fingerprint density at radius 1 is 1.00 bits per heavy atom. The van der Waals surface area contributed by atoms with Gasteiger partial charge in [-0.15, -0.1) is 0 Å². The van der Waals surface area contributed by atoms with E-state index in [1.807, 2.05) is 67.7 Å². The lowest BCUT2D eigenvalue weighted by molar-refractivity contribution is -0.121. The summed E-state index contributed by atoms with van der Waals surface area (Å²) >= 11 is 0. The van der Waals surface area contributed by atoms with Crippen molar-refractivity contribution < 1.29 is 4.79 Å². The molecular weight excluding hydrogens is 336 g/mol. The number of carbonyl (C=O) groups is 1. The van der Waals surface area contributed by atoms with E-state index < -0.39 is 6.04 Å². The molecule has 5 heteroatoms. The lowest BCUT2D eigenvalue weighted by Gasteiger charge is -2.15. The van der Waals surface area contributed by atoms with E-state index in [1.54, 1.807) is 6.21 Å². The van der Waals surface area contributed by atoms with E-state index in [4.69, 9.17) is 0 Å². The summed E-state index contributed by atoms with van der Waals surface area (Å²) in [7, 11) is 0. The monoisotopic (exact) mass is 356 g/mol. The van der Waals surface area contributed by atoms with Crippen LogP contribution in [0.3, 0.4) is 0 Å². The molecule has 1 amide bonds. The number of hydrogen-bond donors (Lipinski definition) is 3. The molecule has 3 N–H and O–H groups in total. The molecule has 1 heterocycles. The largest absolute Gasteiger partial charge is 0.373 e. The molecule has 0 aliphatic carbocycles. The van der Waals surface area contributed by atoms with Crippen LogP contribution in [0.4, 0.5) is 5.69 Å². The SMILES string of the molecule is C[C@H](Nc1cccc2ccccc12)C(=O)N/N=C\c1c[nH]c2ccccc12. The fraction of sp³-hybridized carbons (Fsp3) is 0.0909. The minimum Gasteiger partial charge on any atom is -0.373 e. The van der Waals surface area contributed by atoms with Gasteiger partial charge in [-0.2, -0.15) is 5.10 Å². The number of nitrogens with zero attached hydrogens (tertiary/aromatic N) is 1. The van der Waals surface area contributed by atoms with E-state index >= 15 is 0 Å². The number of nitrogens with one attached hydrogen (secondary N) is 3. The maximum atomic E-state index is 12.4. The topological polar surface area (TPSA) is 69.3 Å². The predicted molar refractivity (Wildman–Crippen MR) is 111 cm³/mol. The van der Waals surface area contributed by atoms with E-state index in [1.165, 1.54) is 0 Å². The zero-order valence-corrected chi connectivity index (χ0v) is 14.9. The van der Waals surface area contributed by atoms with Crippen molar-refractivity contribution in [3.05, 3.63) is 78.5 Å². The quantitative estimate of drug-likeness (QED) is 0.369. The van der Waals surface area contributed by atoms with E-state index in [0.29, 0.717) is 0 Å². The smallest absolute Gasteiger partial charge is 0.262 e. The number of fused-ring (bicyclic) bond motifs is 2. The van der Waals surface area contributed by atoms with Crippen LogP contribution in [0.5, 0.6) is 0 Å². The van der Waals surface area contributed by atoms with Gasteiger partial charge >= 0.3 is 0 Å². The molecule has 0 aliphatic rings. The minimum atomic E-state index is -0.420. The predicted octanol–water partition coefficient (Wildman–Crippen LogP) is 4.27. The standard InChI is InChI=1S/C22H20N4O/c1-15(25-21-12-6-8-16-7-2-3-9-18(16)21)22(27)26-24-14-17-13-23-20-11-5-4-10-19(17)20/h2-15,23,25H,1H3,(H,26,27)/b24-14-/t15-/m0/s1. The van der Waals surface area contributed by atoms with Crippen molar-refractivity contribution in [2.24, 2.45) is 5.10 Å². The number of benzene rings is 3. The third kappa shape index (κ3) is 3.53. The van der Waals surface area contributed by atoms with Crippen molar-refractivity contribution >= 4 is 39.5 Å². The van der Waals surface area contributed by atoms with E-state index in [0.717, 1.165) is 32.9 Å². The fourth-order valence-corrected chi connectivity index (χ4v) is 3.11. The number of anilines is 1. The number of hydrogen-bond acceptors (Lipinski definition) is 3. The number of carbonyl (C=O) groups excluding carboxylic acids is 1. The maximum absolute atomic E-state index is 12.4. The molecule has 0 fully saturated rings. The van der Waals surface area contributed by atoms with Crippen LogP contribution >= 0.6 is 0 Å². The van der Waals surface area contributed by atoms with Crippen LogP contribution < -0.4 is 10.7 Å². The van der Waals surface area contributed by atoms with Gasteiger partial charge in [0.2, 0.25) is 0 Å². The van der Waals surface area contributed by atoms with Crippen LogP contribution in [0.25, 0.3) is 21.7 Å². The Balaban J connectivity index is 1.43. The van der Waals surface area contributed by atoms with Crippen LogP contribution in [0.2, 0.25) is 0 Å². The summed E-state index contributed by atoms with van der Waals surface area (Å²) < 4.78 is 0. The van der Waals surface area contributed by atoms with Crippen LogP contribution in [-0.2, 0) is 4.79 Å². The van der Waals surface area contributed by atoms with Gasteiger partial charge in [0.15, 0.2) is 0 Å². The Labute approximate surface area is 157 Å². The minimum absolute atomic E-state index is 0.195. The number of aromatic amines is 1. The van der Waals surface area contributed by atoms with Crippen molar-refractivity contribution in [1.29, 1.82) is 0 Å². The molecule has 0 spiro atoms. The molecular formula is C22H20N4O. The lowest BCUT2D eigenvalue weighted by atomic mass is 10.1. The highest BCUT2D eigenvalue weighted by atomic mass is 16.2. The second-order valence-electron chi connectivity index (χ2n) is 6.42. The number of hydrazone groups is 1. The van der Waals surface area contributed by atoms with Crippen LogP contribution in [0, 0.1) is 0 Å². The molecule has 4 aromatic rings. The normalized spacial score (nSPS) is 12.5. The Hall–Kier alpha value is -3.60. The molecule has 4 rings (SSSR count). The molecule has 1 aromatic heterocycles. The van der Waals surface area contributed by atoms with Crippen molar-refractivity contribution in [3.63, 3.8) is 0 Å². The molecule has 134 valence electrons. The summed E-state index contributed by atoms with van der Waals surface area (Å²) in [5.74, 6) is -0.195. The second kappa shape index (κ2) is 7.33. The Kier molecular flexibility index (Phi) is 4.58. The molecule has 0 saturated carbocycles. The number of H-pyrrole nitrogens is 1. The first-order chi connectivity index (χ1) is 13.2. The van der Waals surface area contributed by atoms with Gasteiger partial charge in [0, 0.05) is 33.7 Å². The molecule has 0 aliphatic heterocycles. The van der Waals surface area contributed by atoms with Gasteiger partial charge in [0.05, 0.1) is 6.21 Å². The highest BCUT2D eigenvalue weighted by Gasteiger charge is 2.13. The van der Waals surface area contributed by atoms with E-state index in [2.05, 4.69) is 33.0 Å². The highest BCUT2D eigenvalue weighted by Crippen LogP contribution is 2.23. The molecule has 0 saturated heterocycles. The fourth-order valence-electron chi connectivity index (χ4n) is 3.11. The number of aromatic nitrogens is 1. The molecule has 5 nitrogen and oxygen atoms in total. The van der Waals surface area contributed by atoms with Gasteiger partial charge in [-0.25, -0.2) is 5.43 Å². The first kappa shape index (κ1) is 16.8. The molecule has 27 heavy (non-hydrogen) atoms. The van der Waals surface area contributed by atoms with E-state index in [9.17, 15) is 4.79 Å². The van der Waals surface area contributed by atoms with Crippen LogP contribution in [-0.4, -0.2) is 23.1 Å². The van der Waals surface area contributed by atoms with Crippen LogP contribution in [0.1, 0.15) is 12.5 Å². The van der Waals surface area contributed by atoms with Gasteiger partial charge < -0.3 is 10.3 Å². The maximum Gasteiger partial charge on any atom is 0.262 e. The van der Waals surface area contributed by atoms with E-state index in [-0.39, 0.29) is 5.91 Å². The van der Waals surface area contributed by atoms with Crippen molar-refractivity contribution in [2.75, 3.05) is 5.32 Å². The zero-order chi connectivity index (χ0) is 18.6. The average molecular weight is 356 g/mol. The summed E-state index contributed by atoms with van der Waals surface area (Å²) in [6.45, 7) is 1.82. The number of amides is 1. The second-order valence-corrected chi connectivity index (χ2v) is 6.42. The van der Waals surface area contributed by atoms with Crippen molar-refractivity contribution in [2.45, 2.75) is 13.0 Å². The van der Waals surface area contributed by atoms with Gasteiger partial charge in [-0.05, 0) is 24.4 Å². The first-order valence-corrected chi connectivity index (χ1v) is 8.86. The van der Waals surface area contributed by atoms with Crippen LogP contribution in [0.15, 0.2) is 78.0 Å². The van der Waals surface area contributed by atoms with Gasteiger partial charge in [-0.3, -0.25) is 4.79 Å². The first-order valence-electron chi connectivity index (χ1n) is 8.86. The molecule has 0 radical (unpaired) electrons. The third-order valence-corrected chi connectivity index (χ3v) is 4.55. The van der Waals surface area contributed by atoms with Crippen molar-refractivity contribution in [1.82, 2.24) is 10.4 Å². The number of rotatable bonds is 5. The third-order valence-electron chi connectivity index (χ3n) is 4.55. The Morgan fingerprint density at radius 3 is 2.63 bits per heavy atom. The molecule has 3 aromatic carbocycles. The van der Waals surface area contributed by atoms with Gasteiger partial charge in [0.1, 0.15) is 6.04 Å². The number of para-hydroxylation sites is 1. The summed E-state index contributed by atoms with van der Waals surface area (Å²) in [5.41, 5.74) is 5.50.